The third-order valence-corrected chi connectivity index (χ3v) is 4.52. The van der Waals surface area contributed by atoms with Crippen molar-refractivity contribution in [3.8, 4) is 17.2 Å². The fourth-order valence-electron chi connectivity index (χ4n) is 3.17. The summed E-state index contributed by atoms with van der Waals surface area (Å²) in [5, 5.41) is 9.13. The molecule has 2 aromatic heterocycles. The van der Waals surface area contributed by atoms with Crippen LogP contribution in [-0.4, -0.2) is 48.9 Å². The fourth-order valence-corrected chi connectivity index (χ4v) is 3.17. The predicted molar refractivity (Wildman–Crippen MR) is 98.0 cm³/mol. The summed E-state index contributed by atoms with van der Waals surface area (Å²) in [5.74, 6) is 1.14. The fraction of sp³-hybridized carbons (Fsp3) is 0.368. The molecule has 0 unspecified atom stereocenters. The highest BCUT2D eigenvalue weighted by Crippen LogP contribution is 2.24. The lowest BCUT2D eigenvalue weighted by Crippen LogP contribution is -2.37. The molecule has 4 rings (SSSR count). The maximum absolute atomic E-state index is 13.8. The first-order valence-electron chi connectivity index (χ1n) is 8.98. The SMILES string of the molecule is CC(C)Cc1nc(-c2cc3n(n2)CCN(C)C3=O)n(-c2cccc(F)c2)n1. The number of rotatable bonds is 4. The van der Waals surface area contributed by atoms with Gasteiger partial charge in [0.2, 0.25) is 0 Å². The van der Waals surface area contributed by atoms with Gasteiger partial charge in [0, 0.05) is 26.1 Å². The molecule has 1 amide bonds. The molecule has 0 saturated heterocycles. The Hall–Kier alpha value is -3.03. The number of fused-ring (bicyclic) bond motifs is 1. The van der Waals surface area contributed by atoms with E-state index in [4.69, 9.17) is 0 Å². The molecular formula is C19H21FN6O. The van der Waals surface area contributed by atoms with Crippen LogP contribution in [0, 0.1) is 11.7 Å². The van der Waals surface area contributed by atoms with Crippen LogP contribution >= 0.6 is 0 Å². The summed E-state index contributed by atoms with van der Waals surface area (Å²) >= 11 is 0. The van der Waals surface area contributed by atoms with Gasteiger partial charge in [-0.05, 0) is 24.1 Å². The second-order valence-corrected chi connectivity index (χ2v) is 7.21. The lowest BCUT2D eigenvalue weighted by Gasteiger charge is -2.22. The molecule has 27 heavy (non-hydrogen) atoms. The molecule has 0 saturated carbocycles. The van der Waals surface area contributed by atoms with Crippen LogP contribution in [0.25, 0.3) is 17.2 Å². The molecule has 0 aliphatic carbocycles. The molecule has 0 radical (unpaired) electrons. The largest absolute Gasteiger partial charge is 0.339 e. The normalized spacial score (nSPS) is 14.1. The summed E-state index contributed by atoms with van der Waals surface area (Å²) < 4.78 is 17.1. The summed E-state index contributed by atoms with van der Waals surface area (Å²) in [7, 11) is 1.77. The molecule has 1 aliphatic heterocycles. The third-order valence-electron chi connectivity index (χ3n) is 4.52. The molecule has 3 aromatic rings. The van der Waals surface area contributed by atoms with Crippen molar-refractivity contribution >= 4 is 5.91 Å². The van der Waals surface area contributed by atoms with Crippen LogP contribution < -0.4 is 0 Å². The zero-order valence-electron chi connectivity index (χ0n) is 15.6. The number of nitrogens with zero attached hydrogens (tertiary/aromatic N) is 6. The molecule has 3 heterocycles. The number of carbonyl (C=O) groups is 1. The van der Waals surface area contributed by atoms with Gasteiger partial charge in [0.15, 0.2) is 11.6 Å². The first kappa shape index (κ1) is 17.4. The third kappa shape index (κ3) is 3.22. The van der Waals surface area contributed by atoms with Gasteiger partial charge in [-0.1, -0.05) is 19.9 Å². The Labute approximate surface area is 156 Å². The van der Waals surface area contributed by atoms with Crippen molar-refractivity contribution in [1.82, 2.24) is 29.4 Å². The van der Waals surface area contributed by atoms with Gasteiger partial charge in [0.05, 0.1) is 12.2 Å². The van der Waals surface area contributed by atoms with Crippen LogP contribution in [0.2, 0.25) is 0 Å². The van der Waals surface area contributed by atoms with Gasteiger partial charge >= 0.3 is 0 Å². The van der Waals surface area contributed by atoms with E-state index in [1.807, 2.05) is 0 Å². The van der Waals surface area contributed by atoms with Gasteiger partial charge in [0.25, 0.3) is 5.91 Å². The number of halogens is 1. The van der Waals surface area contributed by atoms with Crippen molar-refractivity contribution in [3.05, 3.63) is 47.7 Å². The Bertz CT molecular complexity index is 1010. The molecule has 7 nitrogen and oxygen atoms in total. The molecule has 1 aromatic carbocycles. The summed E-state index contributed by atoms with van der Waals surface area (Å²) in [6, 6.07) is 7.94. The minimum atomic E-state index is -0.347. The molecule has 0 spiro atoms. The zero-order valence-corrected chi connectivity index (χ0v) is 15.6. The first-order chi connectivity index (χ1) is 12.9. The van der Waals surface area contributed by atoms with Crippen molar-refractivity contribution in [1.29, 1.82) is 0 Å². The second-order valence-electron chi connectivity index (χ2n) is 7.21. The number of aromatic nitrogens is 5. The molecule has 1 aliphatic rings. The van der Waals surface area contributed by atoms with E-state index >= 15 is 0 Å². The van der Waals surface area contributed by atoms with Crippen LogP contribution in [0.4, 0.5) is 4.39 Å². The van der Waals surface area contributed by atoms with Crippen molar-refractivity contribution in [2.75, 3.05) is 13.6 Å². The average molecular weight is 368 g/mol. The van der Waals surface area contributed by atoms with Gasteiger partial charge in [-0.25, -0.2) is 14.1 Å². The van der Waals surface area contributed by atoms with Crippen LogP contribution in [0.5, 0.6) is 0 Å². The summed E-state index contributed by atoms with van der Waals surface area (Å²) in [6.07, 6.45) is 0.699. The van der Waals surface area contributed by atoms with Gasteiger partial charge in [0.1, 0.15) is 17.2 Å². The van der Waals surface area contributed by atoms with E-state index in [-0.39, 0.29) is 11.7 Å². The first-order valence-corrected chi connectivity index (χ1v) is 8.98. The molecule has 0 bridgehead atoms. The van der Waals surface area contributed by atoms with E-state index in [0.717, 1.165) is 0 Å². The average Bonchev–Trinajstić information content (AvgIpc) is 3.22. The van der Waals surface area contributed by atoms with Crippen LogP contribution in [0.15, 0.2) is 30.3 Å². The van der Waals surface area contributed by atoms with E-state index in [9.17, 15) is 9.18 Å². The highest BCUT2D eigenvalue weighted by molar-refractivity contribution is 5.94. The lowest BCUT2D eigenvalue weighted by molar-refractivity contribution is 0.0743. The Morgan fingerprint density at radius 3 is 2.74 bits per heavy atom. The van der Waals surface area contributed by atoms with Crippen LogP contribution in [-0.2, 0) is 13.0 Å². The van der Waals surface area contributed by atoms with Gasteiger partial charge in [-0.2, -0.15) is 10.2 Å². The quantitative estimate of drug-likeness (QED) is 0.710. The lowest BCUT2D eigenvalue weighted by atomic mass is 10.1. The molecule has 0 atom stereocenters. The van der Waals surface area contributed by atoms with Gasteiger partial charge < -0.3 is 4.90 Å². The number of likely N-dealkylation sites (N-methyl/N-ethyl adjacent to an activating group) is 1. The van der Waals surface area contributed by atoms with E-state index in [2.05, 4.69) is 29.0 Å². The van der Waals surface area contributed by atoms with Crippen molar-refractivity contribution in [2.45, 2.75) is 26.8 Å². The standard InChI is InChI=1S/C19H21FN6O/c1-12(2)9-17-21-18(26(23-17)14-6-4-5-13(20)10-14)15-11-16-19(27)24(3)7-8-25(16)22-15/h4-6,10-12H,7-9H2,1-3H3. The Morgan fingerprint density at radius 2 is 2.00 bits per heavy atom. The topological polar surface area (TPSA) is 68.8 Å². The summed E-state index contributed by atoms with van der Waals surface area (Å²) in [6.45, 7) is 5.42. The molecule has 140 valence electrons. The number of hydrogen-bond acceptors (Lipinski definition) is 4. The number of carbonyl (C=O) groups excluding carboxylic acids is 1. The molecular weight excluding hydrogens is 347 g/mol. The van der Waals surface area contributed by atoms with Crippen molar-refractivity contribution in [3.63, 3.8) is 0 Å². The predicted octanol–water partition coefficient (Wildman–Crippen LogP) is 2.55. The van der Waals surface area contributed by atoms with Crippen LogP contribution in [0.1, 0.15) is 30.2 Å². The maximum atomic E-state index is 13.8. The zero-order chi connectivity index (χ0) is 19.1. The number of benzene rings is 1. The monoisotopic (exact) mass is 368 g/mol. The molecule has 0 N–H and O–H groups in total. The number of hydrogen-bond donors (Lipinski definition) is 0. The minimum absolute atomic E-state index is 0.0702. The van der Waals surface area contributed by atoms with Gasteiger partial charge in [-0.3, -0.25) is 9.48 Å². The van der Waals surface area contributed by atoms with Crippen molar-refractivity contribution in [2.24, 2.45) is 5.92 Å². The number of amides is 1. The second kappa shape index (κ2) is 6.61. The van der Waals surface area contributed by atoms with Crippen LogP contribution in [0.3, 0.4) is 0 Å². The Kier molecular flexibility index (Phi) is 4.25. The highest BCUT2D eigenvalue weighted by atomic mass is 19.1. The minimum Gasteiger partial charge on any atom is -0.339 e. The maximum Gasteiger partial charge on any atom is 0.271 e. The Balaban J connectivity index is 1.83. The summed E-state index contributed by atoms with van der Waals surface area (Å²) in [4.78, 5) is 18.7. The summed E-state index contributed by atoms with van der Waals surface area (Å²) in [5.41, 5.74) is 1.65. The molecule has 0 fully saturated rings. The van der Waals surface area contributed by atoms with E-state index in [0.29, 0.717) is 54.2 Å². The van der Waals surface area contributed by atoms with Gasteiger partial charge in [-0.15, -0.1) is 0 Å². The molecule has 8 heteroatoms. The highest BCUT2D eigenvalue weighted by Gasteiger charge is 2.26. The van der Waals surface area contributed by atoms with Crippen molar-refractivity contribution < 1.29 is 9.18 Å². The van der Waals surface area contributed by atoms with E-state index in [1.54, 1.807) is 39.5 Å². The smallest absolute Gasteiger partial charge is 0.271 e. The van der Waals surface area contributed by atoms with E-state index < -0.39 is 0 Å². The Morgan fingerprint density at radius 1 is 1.19 bits per heavy atom. The van der Waals surface area contributed by atoms with E-state index in [1.165, 1.54) is 12.1 Å².